The van der Waals surface area contributed by atoms with Crippen LogP contribution in [-0.2, 0) is 14.8 Å². The molecule has 1 amide bonds. The Balaban J connectivity index is 2.17. The summed E-state index contributed by atoms with van der Waals surface area (Å²) in [7, 11) is -2.27. The van der Waals surface area contributed by atoms with Crippen LogP contribution in [-0.4, -0.2) is 47.2 Å². The highest BCUT2D eigenvalue weighted by molar-refractivity contribution is 7.89. The van der Waals surface area contributed by atoms with E-state index in [9.17, 15) is 13.2 Å². The molecule has 134 valence electrons. The van der Waals surface area contributed by atoms with Crippen LogP contribution in [0.4, 0.5) is 0 Å². The quantitative estimate of drug-likeness (QED) is 0.732. The lowest BCUT2D eigenvalue weighted by molar-refractivity contribution is 0.0950. The largest absolute Gasteiger partial charge is 0.496 e. The van der Waals surface area contributed by atoms with Gasteiger partial charge in [-0.1, -0.05) is 6.92 Å². The highest BCUT2D eigenvalue weighted by Crippen LogP contribution is 2.22. The normalized spacial score (nSPS) is 17.7. The predicted octanol–water partition coefficient (Wildman–Crippen LogP) is 1.29. The summed E-state index contributed by atoms with van der Waals surface area (Å²) in [4.78, 5) is 12.2. The minimum Gasteiger partial charge on any atom is -0.496 e. The second kappa shape index (κ2) is 8.46. The third kappa shape index (κ3) is 4.68. The van der Waals surface area contributed by atoms with Gasteiger partial charge in [-0.15, -0.1) is 0 Å². The van der Waals surface area contributed by atoms with E-state index >= 15 is 0 Å². The summed E-state index contributed by atoms with van der Waals surface area (Å²) in [6, 6.07) is 4.25. The zero-order valence-corrected chi connectivity index (χ0v) is 14.8. The summed E-state index contributed by atoms with van der Waals surface area (Å²) in [6.07, 6.45) is 2.48. The Morgan fingerprint density at radius 3 is 2.83 bits per heavy atom. The molecule has 1 saturated heterocycles. The van der Waals surface area contributed by atoms with Gasteiger partial charge in [-0.3, -0.25) is 4.79 Å². The van der Waals surface area contributed by atoms with E-state index in [-0.39, 0.29) is 29.0 Å². The number of nitrogens with one attached hydrogen (secondary N) is 2. The van der Waals surface area contributed by atoms with Gasteiger partial charge < -0.3 is 14.8 Å². The fourth-order valence-electron chi connectivity index (χ4n) is 2.46. The molecular weight excluding hydrogens is 332 g/mol. The standard InChI is InChI=1S/C16H24N2O5S/c1-3-8-17-16(19)14-10-13(6-7-15(14)22-2)24(20,21)18-11-12-5-4-9-23-12/h6-7,10,12,18H,3-5,8-9,11H2,1-2H3,(H,17,19). The fraction of sp³-hybridized carbons (Fsp3) is 0.562. The maximum atomic E-state index is 12.4. The summed E-state index contributed by atoms with van der Waals surface area (Å²) >= 11 is 0. The van der Waals surface area contributed by atoms with E-state index < -0.39 is 10.0 Å². The van der Waals surface area contributed by atoms with Crippen molar-refractivity contribution in [2.75, 3.05) is 26.8 Å². The van der Waals surface area contributed by atoms with Gasteiger partial charge in [-0.2, -0.15) is 0 Å². The zero-order valence-electron chi connectivity index (χ0n) is 14.0. The maximum Gasteiger partial charge on any atom is 0.255 e. The van der Waals surface area contributed by atoms with Gasteiger partial charge in [0.05, 0.1) is 23.7 Å². The van der Waals surface area contributed by atoms with Gasteiger partial charge in [0.1, 0.15) is 5.75 Å². The molecule has 0 saturated carbocycles. The highest BCUT2D eigenvalue weighted by atomic mass is 32.2. The number of carbonyl (C=O) groups is 1. The van der Waals surface area contributed by atoms with Crippen LogP contribution in [0.5, 0.6) is 5.75 Å². The van der Waals surface area contributed by atoms with Crippen molar-refractivity contribution >= 4 is 15.9 Å². The van der Waals surface area contributed by atoms with E-state index in [4.69, 9.17) is 9.47 Å². The van der Waals surface area contributed by atoms with Gasteiger partial charge in [0, 0.05) is 19.7 Å². The first-order chi connectivity index (χ1) is 11.5. The molecular formula is C16H24N2O5S. The molecule has 1 unspecified atom stereocenters. The summed E-state index contributed by atoms with van der Waals surface area (Å²) in [6.45, 7) is 3.34. The fourth-order valence-corrected chi connectivity index (χ4v) is 3.55. The summed E-state index contributed by atoms with van der Waals surface area (Å²) < 4.78 is 38.0. The molecule has 1 atom stereocenters. The van der Waals surface area contributed by atoms with Crippen LogP contribution in [0.15, 0.2) is 23.1 Å². The molecule has 0 bridgehead atoms. The Labute approximate surface area is 142 Å². The highest BCUT2D eigenvalue weighted by Gasteiger charge is 2.22. The first kappa shape index (κ1) is 18.7. The lowest BCUT2D eigenvalue weighted by Gasteiger charge is -2.14. The lowest BCUT2D eigenvalue weighted by atomic mass is 10.2. The van der Waals surface area contributed by atoms with Crippen molar-refractivity contribution in [3.05, 3.63) is 23.8 Å². The van der Waals surface area contributed by atoms with Gasteiger partial charge in [0.25, 0.3) is 5.91 Å². The number of ether oxygens (including phenoxy) is 2. The summed E-state index contributed by atoms with van der Waals surface area (Å²) in [5, 5.41) is 2.72. The van der Waals surface area contributed by atoms with Crippen molar-refractivity contribution < 1.29 is 22.7 Å². The van der Waals surface area contributed by atoms with E-state index in [1.807, 2.05) is 6.92 Å². The van der Waals surface area contributed by atoms with Gasteiger partial charge in [0.2, 0.25) is 10.0 Å². The second-order valence-electron chi connectivity index (χ2n) is 5.60. The molecule has 1 heterocycles. The van der Waals surface area contributed by atoms with Gasteiger partial charge in [-0.25, -0.2) is 13.1 Å². The van der Waals surface area contributed by atoms with Crippen molar-refractivity contribution in [3.63, 3.8) is 0 Å². The molecule has 1 fully saturated rings. The third-order valence-corrected chi connectivity index (χ3v) is 5.21. The number of sulfonamides is 1. The Morgan fingerprint density at radius 1 is 1.42 bits per heavy atom. The van der Waals surface area contributed by atoms with Crippen LogP contribution in [0.3, 0.4) is 0 Å². The summed E-state index contributed by atoms with van der Waals surface area (Å²) in [5.74, 6) is -0.0217. The van der Waals surface area contributed by atoms with Crippen molar-refractivity contribution in [1.29, 1.82) is 0 Å². The lowest BCUT2D eigenvalue weighted by Crippen LogP contribution is -2.32. The number of hydrogen-bond acceptors (Lipinski definition) is 5. The first-order valence-electron chi connectivity index (χ1n) is 8.05. The molecule has 1 aromatic carbocycles. The second-order valence-corrected chi connectivity index (χ2v) is 7.37. The van der Waals surface area contributed by atoms with Crippen LogP contribution >= 0.6 is 0 Å². The van der Waals surface area contributed by atoms with E-state index in [0.717, 1.165) is 19.3 Å². The number of benzene rings is 1. The number of methoxy groups -OCH3 is 1. The van der Waals surface area contributed by atoms with E-state index in [2.05, 4.69) is 10.0 Å². The number of carbonyl (C=O) groups excluding carboxylic acids is 1. The molecule has 2 N–H and O–H groups in total. The molecule has 7 nitrogen and oxygen atoms in total. The zero-order chi connectivity index (χ0) is 17.6. The van der Waals surface area contributed by atoms with E-state index in [0.29, 0.717) is 18.9 Å². The van der Waals surface area contributed by atoms with Crippen LogP contribution in [0, 0.1) is 0 Å². The molecule has 0 aromatic heterocycles. The molecule has 1 aliphatic rings. The SMILES string of the molecule is CCCNC(=O)c1cc(S(=O)(=O)NCC2CCCO2)ccc1OC. The van der Waals surface area contributed by atoms with Crippen molar-refractivity contribution in [2.24, 2.45) is 0 Å². The van der Waals surface area contributed by atoms with Gasteiger partial charge >= 0.3 is 0 Å². The van der Waals surface area contributed by atoms with Crippen molar-refractivity contribution in [3.8, 4) is 5.75 Å². The Morgan fingerprint density at radius 2 is 2.21 bits per heavy atom. The average molecular weight is 356 g/mol. The van der Waals surface area contributed by atoms with Crippen molar-refractivity contribution in [2.45, 2.75) is 37.2 Å². The maximum absolute atomic E-state index is 12.4. The minimum absolute atomic E-state index is 0.0305. The van der Waals surface area contributed by atoms with Crippen LogP contribution in [0.1, 0.15) is 36.5 Å². The van der Waals surface area contributed by atoms with Gasteiger partial charge in [-0.05, 0) is 37.5 Å². The predicted molar refractivity (Wildman–Crippen MR) is 89.8 cm³/mol. The Hall–Kier alpha value is -1.64. The van der Waals surface area contributed by atoms with Crippen LogP contribution in [0.25, 0.3) is 0 Å². The number of amides is 1. The van der Waals surface area contributed by atoms with Gasteiger partial charge in [0.15, 0.2) is 0 Å². The van der Waals surface area contributed by atoms with Crippen LogP contribution < -0.4 is 14.8 Å². The molecule has 0 aliphatic carbocycles. The number of hydrogen-bond donors (Lipinski definition) is 2. The first-order valence-corrected chi connectivity index (χ1v) is 9.53. The van der Waals surface area contributed by atoms with Crippen LogP contribution in [0.2, 0.25) is 0 Å². The molecule has 1 aliphatic heterocycles. The molecule has 24 heavy (non-hydrogen) atoms. The van der Waals surface area contributed by atoms with E-state index in [1.165, 1.54) is 25.3 Å². The molecule has 0 radical (unpaired) electrons. The monoisotopic (exact) mass is 356 g/mol. The number of rotatable bonds is 8. The molecule has 8 heteroatoms. The average Bonchev–Trinajstić information content (AvgIpc) is 3.11. The smallest absolute Gasteiger partial charge is 0.255 e. The Bertz CT molecular complexity index is 669. The third-order valence-electron chi connectivity index (χ3n) is 3.79. The minimum atomic E-state index is -3.71. The molecule has 1 aromatic rings. The molecule has 0 spiro atoms. The summed E-state index contributed by atoms with van der Waals surface area (Å²) in [5.41, 5.74) is 0.200. The molecule has 2 rings (SSSR count). The topological polar surface area (TPSA) is 93.7 Å². The van der Waals surface area contributed by atoms with E-state index in [1.54, 1.807) is 0 Å². The Kier molecular flexibility index (Phi) is 6.59. The van der Waals surface area contributed by atoms with Crippen molar-refractivity contribution in [1.82, 2.24) is 10.0 Å².